The van der Waals surface area contributed by atoms with Crippen molar-refractivity contribution in [2.45, 2.75) is 32.1 Å². The highest BCUT2D eigenvalue weighted by molar-refractivity contribution is 4.93. The summed E-state index contributed by atoms with van der Waals surface area (Å²) in [4.78, 5) is 0. The van der Waals surface area contributed by atoms with Crippen LogP contribution in [0.3, 0.4) is 0 Å². The van der Waals surface area contributed by atoms with Gasteiger partial charge in [-0.25, -0.2) is 5.01 Å². The summed E-state index contributed by atoms with van der Waals surface area (Å²) in [5.41, 5.74) is 5.15. The summed E-state index contributed by atoms with van der Waals surface area (Å²) in [6.07, 6.45) is 9.13. The minimum absolute atomic E-state index is 0. The number of quaternary nitrogens is 1. The maximum absolute atomic E-state index is 3.53. The molecular formula is C9H17BrN2. The monoisotopic (exact) mass is 232 g/mol. The molecule has 2 nitrogen and oxygen atoms in total. The Morgan fingerprint density at radius 2 is 2.17 bits per heavy atom. The van der Waals surface area contributed by atoms with E-state index in [1.165, 1.54) is 45.2 Å². The molecule has 0 aliphatic carbocycles. The Morgan fingerprint density at radius 3 is 3.08 bits per heavy atom. The maximum Gasteiger partial charge on any atom is 0.122 e. The van der Waals surface area contributed by atoms with Crippen LogP contribution in [0.25, 0.3) is 0 Å². The maximum atomic E-state index is 3.53. The van der Waals surface area contributed by atoms with Crippen molar-refractivity contribution in [1.82, 2.24) is 5.43 Å². The molecule has 1 fully saturated rings. The van der Waals surface area contributed by atoms with Gasteiger partial charge in [-0.1, -0.05) is 0 Å². The third-order valence-corrected chi connectivity index (χ3v) is 2.62. The Morgan fingerprint density at radius 1 is 1.25 bits per heavy atom. The van der Waals surface area contributed by atoms with Crippen LogP contribution in [0.4, 0.5) is 0 Å². The summed E-state index contributed by atoms with van der Waals surface area (Å²) >= 11 is 0. The third kappa shape index (κ3) is 2.31. The highest BCUT2D eigenvalue weighted by Crippen LogP contribution is 2.07. The average Bonchev–Trinajstić information content (AvgIpc) is 2.28. The van der Waals surface area contributed by atoms with Crippen LogP contribution in [0.2, 0.25) is 0 Å². The first kappa shape index (κ1) is 10.2. The normalized spacial score (nSPS) is 29.3. The number of halogens is 1. The highest BCUT2D eigenvalue weighted by atomic mass is 79.9. The van der Waals surface area contributed by atoms with Gasteiger partial charge in [-0.3, -0.25) is 0 Å². The Hall–Kier alpha value is 0.140. The summed E-state index contributed by atoms with van der Waals surface area (Å²) in [5.74, 6) is 0. The second-order valence-electron chi connectivity index (χ2n) is 3.48. The molecule has 2 heterocycles. The van der Waals surface area contributed by atoms with E-state index in [-0.39, 0.29) is 17.0 Å². The van der Waals surface area contributed by atoms with E-state index in [0.29, 0.717) is 0 Å². The fraction of sp³-hybridized carbons (Fsp3) is 0.778. The van der Waals surface area contributed by atoms with Crippen molar-refractivity contribution in [2.24, 2.45) is 0 Å². The topological polar surface area (TPSA) is 16.5 Å². The molecule has 2 N–H and O–H groups in total. The van der Waals surface area contributed by atoms with Crippen LogP contribution in [-0.4, -0.2) is 13.1 Å². The van der Waals surface area contributed by atoms with E-state index in [0.717, 1.165) is 0 Å². The van der Waals surface area contributed by atoms with Crippen LogP contribution in [0.1, 0.15) is 32.1 Å². The van der Waals surface area contributed by atoms with E-state index in [1.54, 1.807) is 10.7 Å². The molecule has 0 radical (unpaired) electrons. The van der Waals surface area contributed by atoms with Crippen LogP contribution in [0, 0.1) is 0 Å². The summed E-state index contributed by atoms with van der Waals surface area (Å²) in [6, 6.07) is 0. The van der Waals surface area contributed by atoms with Gasteiger partial charge in [-0.15, -0.1) is 0 Å². The lowest BCUT2D eigenvalue weighted by Gasteiger charge is -2.22. The largest absolute Gasteiger partial charge is 1.00 e. The fourth-order valence-electron chi connectivity index (χ4n) is 1.97. The SMILES string of the molecule is C1=C2CCCCN[NH+]2CCC1.[Br-]. The van der Waals surface area contributed by atoms with Gasteiger partial charge in [0.1, 0.15) is 5.70 Å². The van der Waals surface area contributed by atoms with E-state index < -0.39 is 0 Å². The predicted molar refractivity (Wildman–Crippen MR) is 45.0 cm³/mol. The molecule has 1 atom stereocenters. The van der Waals surface area contributed by atoms with Crippen LogP contribution >= 0.6 is 0 Å². The molecule has 1 saturated heterocycles. The second kappa shape index (κ2) is 5.00. The molecule has 12 heavy (non-hydrogen) atoms. The van der Waals surface area contributed by atoms with Crippen LogP contribution < -0.4 is 27.4 Å². The third-order valence-electron chi connectivity index (χ3n) is 2.62. The zero-order valence-electron chi connectivity index (χ0n) is 7.41. The molecule has 2 aliphatic heterocycles. The summed E-state index contributed by atoms with van der Waals surface area (Å²) in [5, 5.41) is 1.55. The van der Waals surface area contributed by atoms with Crippen LogP contribution in [0.15, 0.2) is 11.8 Å². The molecular weight excluding hydrogens is 216 g/mol. The molecule has 0 amide bonds. The molecule has 1 unspecified atom stereocenters. The fourth-order valence-corrected chi connectivity index (χ4v) is 1.97. The molecule has 0 aromatic rings. The quantitative estimate of drug-likeness (QED) is 0.463. The van der Waals surface area contributed by atoms with Gasteiger partial charge in [0.2, 0.25) is 0 Å². The molecule has 70 valence electrons. The number of allylic oxidation sites excluding steroid dienone is 2. The molecule has 0 aromatic carbocycles. The lowest BCUT2D eigenvalue weighted by atomic mass is 10.1. The van der Waals surface area contributed by atoms with Crippen molar-refractivity contribution in [1.29, 1.82) is 0 Å². The second-order valence-corrected chi connectivity index (χ2v) is 3.48. The molecule has 0 bridgehead atoms. The summed E-state index contributed by atoms with van der Waals surface area (Å²) in [6.45, 7) is 2.50. The molecule has 2 aliphatic rings. The van der Waals surface area contributed by atoms with E-state index in [9.17, 15) is 0 Å². The van der Waals surface area contributed by atoms with Crippen molar-refractivity contribution in [3.05, 3.63) is 11.8 Å². The number of nitrogens with one attached hydrogen (secondary N) is 2. The smallest absolute Gasteiger partial charge is 0.122 e. The van der Waals surface area contributed by atoms with Gasteiger partial charge >= 0.3 is 0 Å². The predicted octanol–water partition coefficient (Wildman–Crippen LogP) is -2.76. The zero-order chi connectivity index (χ0) is 7.52. The summed E-state index contributed by atoms with van der Waals surface area (Å²) in [7, 11) is 0. The van der Waals surface area contributed by atoms with Crippen molar-refractivity contribution < 1.29 is 22.0 Å². The lowest BCUT2D eigenvalue weighted by molar-refractivity contribution is -0.910. The Labute approximate surface area is 84.8 Å². The van der Waals surface area contributed by atoms with Gasteiger partial charge in [-0.2, -0.15) is 5.43 Å². The Balaban J connectivity index is 0.000000720. The van der Waals surface area contributed by atoms with E-state index in [4.69, 9.17) is 0 Å². The van der Waals surface area contributed by atoms with Gasteiger partial charge in [0.15, 0.2) is 0 Å². The Kier molecular flexibility index (Phi) is 4.26. The van der Waals surface area contributed by atoms with Crippen molar-refractivity contribution in [3.63, 3.8) is 0 Å². The van der Waals surface area contributed by atoms with Gasteiger partial charge in [0.05, 0.1) is 6.54 Å². The van der Waals surface area contributed by atoms with Crippen LogP contribution in [0.5, 0.6) is 0 Å². The minimum atomic E-state index is 0. The molecule has 0 saturated carbocycles. The minimum Gasteiger partial charge on any atom is -1.00 e. The molecule has 2 rings (SSSR count). The molecule has 3 heteroatoms. The number of fused-ring (bicyclic) bond motifs is 1. The number of hydrogen-bond donors (Lipinski definition) is 2. The van der Waals surface area contributed by atoms with Gasteiger partial charge < -0.3 is 17.0 Å². The number of hydrogen-bond acceptors (Lipinski definition) is 1. The van der Waals surface area contributed by atoms with Crippen LogP contribution in [-0.2, 0) is 0 Å². The molecule has 0 aromatic heterocycles. The zero-order valence-corrected chi connectivity index (χ0v) is 8.99. The summed E-state index contributed by atoms with van der Waals surface area (Å²) < 4.78 is 0. The van der Waals surface area contributed by atoms with E-state index in [2.05, 4.69) is 11.5 Å². The lowest BCUT2D eigenvalue weighted by Crippen LogP contribution is -3.17. The van der Waals surface area contributed by atoms with Crippen molar-refractivity contribution >= 4 is 0 Å². The Bertz CT molecular complexity index is 168. The van der Waals surface area contributed by atoms with Crippen molar-refractivity contribution in [3.8, 4) is 0 Å². The van der Waals surface area contributed by atoms with Crippen molar-refractivity contribution in [2.75, 3.05) is 13.1 Å². The standard InChI is InChI=1S/C9H16N2.BrH/c1-3-7-10-11-8-4-2-6-9(11)5-1;/h6,10H,1-5,7-8H2;1H. The average molecular weight is 233 g/mol. The van der Waals surface area contributed by atoms with E-state index >= 15 is 0 Å². The highest BCUT2D eigenvalue weighted by Gasteiger charge is 2.20. The van der Waals surface area contributed by atoms with Gasteiger partial charge in [0, 0.05) is 19.4 Å². The first-order valence-corrected chi connectivity index (χ1v) is 4.76. The molecule has 0 spiro atoms. The first-order chi connectivity index (χ1) is 5.47. The number of rotatable bonds is 0. The van der Waals surface area contributed by atoms with E-state index in [1.807, 2.05) is 0 Å². The van der Waals surface area contributed by atoms with Gasteiger partial charge in [-0.05, 0) is 25.3 Å². The first-order valence-electron chi connectivity index (χ1n) is 4.76. The van der Waals surface area contributed by atoms with Gasteiger partial charge in [0.25, 0.3) is 0 Å².